The first-order valence-corrected chi connectivity index (χ1v) is 12.4. The van der Waals surface area contributed by atoms with Gasteiger partial charge in [0.25, 0.3) is 5.56 Å². The first-order valence-electron chi connectivity index (χ1n) is 7.91. The van der Waals surface area contributed by atoms with Crippen LogP contribution in [0.4, 0.5) is 0 Å². The van der Waals surface area contributed by atoms with Gasteiger partial charge in [-0.1, -0.05) is 0 Å². The average molecular weight is 496 g/mol. The lowest BCUT2D eigenvalue weighted by Crippen LogP contribution is -2.33. The minimum atomic E-state index is -5.56. The van der Waals surface area contributed by atoms with E-state index in [2.05, 4.69) is 17.7 Å². The van der Waals surface area contributed by atoms with Crippen molar-refractivity contribution in [2.75, 3.05) is 13.7 Å². The number of phosphoric ester groups is 2. The van der Waals surface area contributed by atoms with Crippen LogP contribution in [0.2, 0.25) is 0 Å². The van der Waals surface area contributed by atoms with Gasteiger partial charge in [-0.05, 0) is 6.92 Å². The number of nitrogens with one attached hydrogen (secondary N) is 1. The van der Waals surface area contributed by atoms with Crippen LogP contribution in [0.1, 0.15) is 18.2 Å². The molecule has 5 N–H and O–H groups in total. The summed E-state index contributed by atoms with van der Waals surface area (Å²) in [6.45, 7) is 0.591. The molecule has 0 amide bonds. The molecule has 0 radical (unpaired) electrons. The van der Waals surface area contributed by atoms with Crippen LogP contribution >= 0.6 is 23.5 Å². The molecule has 0 spiro atoms. The van der Waals surface area contributed by atoms with Crippen molar-refractivity contribution in [2.24, 2.45) is 0 Å². The van der Waals surface area contributed by atoms with Gasteiger partial charge in [-0.25, -0.2) is 18.5 Å². The topological polar surface area (TPSA) is 233 Å². The zero-order valence-electron chi connectivity index (χ0n) is 15.4. The summed E-state index contributed by atoms with van der Waals surface area (Å²) in [6.07, 6.45) is -2.58. The molecule has 6 unspecified atom stereocenters. The van der Waals surface area contributed by atoms with E-state index in [0.29, 0.717) is 7.11 Å². The Balaban J connectivity index is 2.02. The number of aliphatic hydroxyl groups is 1. The van der Waals surface area contributed by atoms with Crippen LogP contribution < -0.4 is 11.2 Å². The van der Waals surface area contributed by atoms with Gasteiger partial charge in [-0.2, -0.15) is 8.62 Å². The van der Waals surface area contributed by atoms with E-state index in [1.54, 1.807) is 0 Å². The standard InChI is InChI=1S/C11H19N2O14P3/c1-6-4-13(11(16)12-10(6)15)9-3-7(14)8(25-9)5-24-29(19,20)27-30(21,22)26-28(17,18)23-2/h4,7-9,14H,3,5H2,1-2H3,(H,17,18)(H,19,20)(H,21,22)(H,12,15,16). The molecule has 0 aliphatic carbocycles. The van der Waals surface area contributed by atoms with Crippen molar-refractivity contribution in [3.63, 3.8) is 0 Å². The molecule has 1 aromatic heterocycles. The molecule has 30 heavy (non-hydrogen) atoms. The maximum absolute atomic E-state index is 11.9. The molecule has 2 heterocycles. The van der Waals surface area contributed by atoms with Crippen LogP contribution in [0.5, 0.6) is 0 Å². The molecule has 1 aliphatic heterocycles. The molecule has 172 valence electrons. The van der Waals surface area contributed by atoms with E-state index in [9.17, 15) is 38.2 Å². The van der Waals surface area contributed by atoms with Crippen LogP contribution in [-0.4, -0.2) is 55.3 Å². The average Bonchev–Trinajstić information content (AvgIpc) is 2.95. The molecular formula is C11H19N2O14P3. The van der Waals surface area contributed by atoms with E-state index < -0.39 is 59.8 Å². The second-order valence-corrected chi connectivity index (χ2v) is 10.7. The van der Waals surface area contributed by atoms with Crippen LogP contribution in [-0.2, 0) is 36.1 Å². The number of H-pyrrole nitrogens is 1. The lowest BCUT2D eigenvalue weighted by molar-refractivity contribution is -0.0450. The van der Waals surface area contributed by atoms with Crippen molar-refractivity contribution in [1.82, 2.24) is 9.55 Å². The van der Waals surface area contributed by atoms with Crippen molar-refractivity contribution in [2.45, 2.75) is 31.8 Å². The van der Waals surface area contributed by atoms with Crippen molar-refractivity contribution in [1.29, 1.82) is 0 Å². The Morgan fingerprint density at radius 1 is 1.17 bits per heavy atom. The normalized spacial score (nSPS) is 27.9. The molecular weight excluding hydrogens is 477 g/mol. The number of hydrogen-bond acceptors (Lipinski definition) is 11. The van der Waals surface area contributed by atoms with Gasteiger partial charge in [-0.3, -0.25) is 23.4 Å². The smallest absolute Gasteiger partial charge is 0.390 e. The maximum atomic E-state index is 11.9. The largest absolute Gasteiger partial charge is 0.490 e. The highest BCUT2D eigenvalue weighted by Crippen LogP contribution is 2.67. The number of aromatic amines is 1. The minimum Gasteiger partial charge on any atom is -0.390 e. The summed E-state index contributed by atoms with van der Waals surface area (Å²) in [5.74, 6) is 0. The van der Waals surface area contributed by atoms with E-state index in [1.807, 2.05) is 4.98 Å². The molecule has 1 fully saturated rings. The van der Waals surface area contributed by atoms with Crippen LogP contribution in [0.15, 0.2) is 15.8 Å². The number of hydrogen-bond donors (Lipinski definition) is 5. The molecule has 19 heteroatoms. The number of aliphatic hydroxyl groups excluding tert-OH is 1. The molecule has 16 nitrogen and oxygen atoms in total. The summed E-state index contributed by atoms with van der Waals surface area (Å²) in [5, 5.41) is 10.0. The fraction of sp³-hybridized carbons (Fsp3) is 0.636. The third-order valence-corrected chi connectivity index (χ3v) is 7.94. The van der Waals surface area contributed by atoms with Gasteiger partial charge in [0, 0.05) is 25.3 Å². The van der Waals surface area contributed by atoms with Gasteiger partial charge in [-0.15, -0.1) is 0 Å². The highest BCUT2D eigenvalue weighted by Gasteiger charge is 2.43. The second-order valence-electron chi connectivity index (χ2n) is 5.96. The maximum Gasteiger partial charge on any atom is 0.490 e. The number of aromatic nitrogens is 2. The van der Waals surface area contributed by atoms with Gasteiger partial charge in [0.2, 0.25) is 0 Å². The van der Waals surface area contributed by atoms with Gasteiger partial charge in [0.05, 0.1) is 12.7 Å². The highest BCUT2D eigenvalue weighted by atomic mass is 31.3. The Morgan fingerprint density at radius 2 is 1.77 bits per heavy atom. The Morgan fingerprint density at radius 3 is 2.37 bits per heavy atom. The SMILES string of the molecule is COP(=O)(O)OP(=O)(O)OP(=O)(O)OCC1OC(n2cc(C)c(=O)[nH]c2=O)CC1O. The van der Waals surface area contributed by atoms with Crippen molar-refractivity contribution in [3.05, 3.63) is 32.6 Å². The number of nitrogens with zero attached hydrogens (tertiary/aromatic N) is 1. The first-order chi connectivity index (χ1) is 13.6. The summed E-state index contributed by atoms with van der Waals surface area (Å²) < 4.78 is 56.8. The third-order valence-electron chi connectivity index (χ3n) is 3.71. The molecule has 1 aliphatic rings. The minimum absolute atomic E-state index is 0.154. The predicted molar refractivity (Wildman–Crippen MR) is 95.2 cm³/mol. The fourth-order valence-electron chi connectivity index (χ4n) is 2.34. The molecule has 0 saturated carbocycles. The number of rotatable bonds is 9. The number of ether oxygens (including phenoxy) is 1. The third kappa shape index (κ3) is 6.76. The van der Waals surface area contributed by atoms with Gasteiger partial charge in [0.15, 0.2) is 0 Å². The number of phosphoric acid groups is 3. The van der Waals surface area contributed by atoms with Crippen molar-refractivity contribution in [3.8, 4) is 0 Å². The Kier molecular flexibility index (Phi) is 7.79. The molecule has 0 bridgehead atoms. The van der Waals surface area contributed by atoms with Crippen LogP contribution in [0, 0.1) is 6.92 Å². The van der Waals surface area contributed by atoms with E-state index in [4.69, 9.17) is 9.63 Å². The van der Waals surface area contributed by atoms with Crippen molar-refractivity contribution < 1.29 is 55.9 Å². The fourth-order valence-corrected chi connectivity index (χ4v) is 5.60. The summed E-state index contributed by atoms with van der Waals surface area (Å²) in [5.41, 5.74) is -1.23. The predicted octanol–water partition coefficient (Wildman–Crippen LogP) is -0.509. The van der Waals surface area contributed by atoms with Gasteiger partial charge >= 0.3 is 29.2 Å². The molecule has 0 aromatic carbocycles. The summed E-state index contributed by atoms with van der Waals surface area (Å²) >= 11 is 0. The van der Waals surface area contributed by atoms with Crippen molar-refractivity contribution >= 4 is 23.5 Å². The highest BCUT2D eigenvalue weighted by molar-refractivity contribution is 7.66. The molecule has 2 rings (SSSR count). The summed E-state index contributed by atoms with van der Waals surface area (Å²) in [4.78, 5) is 53.1. The van der Waals surface area contributed by atoms with Gasteiger partial charge < -0.3 is 24.5 Å². The number of aryl methyl sites for hydroxylation is 1. The molecule has 1 aromatic rings. The molecule has 1 saturated heterocycles. The van der Waals surface area contributed by atoms with E-state index in [0.717, 1.165) is 4.57 Å². The summed E-state index contributed by atoms with van der Waals surface area (Å²) in [7, 11) is -15.3. The van der Waals surface area contributed by atoms with E-state index >= 15 is 0 Å². The quantitative estimate of drug-likeness (QED) is 0.271. The summed E-state index contributed by atoms with van der Waals surface area (Å²) in [6, 6.07) is 0. The van der Waals surface area contributed by atoms with E-state index in [-0.39, 0.29) is 12.0 Å². The van der Waals surface area contributed by atoms with Crippen LogP contribution in [0.25, 0.3) is 0 Å². The Hall–Kier alpha value is -0.990. The monoisotopic (exact) mass is 496 g/mol. The van der Waals surface area contributed by atoms with Gasteiger partial charge in [0.1, 0.15) is 12.3 Å². The molecule has 6 atom stereocenters. The Bertz CT molecular complexity index is 1030. The first kappa shape index (κ1) is 25.3. The van der Waals surface area contributed by atoms with E-state index in [1.165, 1.54) is 13.1 Å². The zero-order valence-corrected chi connectivity index (χ0v) is 18.1. The zero-order chi connectivity index (χ0) is 22.9. The van der Waals surface area contributed by atoms with Crippen LogP contribution in [0.3, 0.4) is 0 Å². The second kappa shape index (κ2) is 9.25. The lowest BCUT2D eigenvalue weighted by atomic mass is 10.2. The lowest BCUT2D eigenvalue weighted by Gasteiger charge is -2.20. The Labute approximate surface area is 167 Å².